The molecule has 168 valence electrons. The Labute approximate surface area is 184 Å². The first kappa shape index (κ1) is 23.0. The number of hydrogen-bond acceptors (Lipinski definition) is 4. The average molecular weight is 427 g/mol. The minimum atomic E-state index is -0.902. The second-order valence-electron chi connectivity index (χ2n) is 9.08. The Hall–Kier alpha value is -2.70. The van der Waals surface area contributed by atoms with E-state index in [4.69, 9.17) is 0 Å². The van der Waals surface area contributed by atoms with E-state index in [1.807, 2.05) is 43.0 Å². The molecule has 1 atom stereocenters. The number of urea groups is 1. The van der Waals surface area contributed by atoms with E-state index in [0.717, 1.165) is 12.0 Å². The molecule has 1 aromatic heterocycles. The standard InChI is InChI=1S/C24H34N4O3/c1-5-18(4)21(29)27-14-10-19(11-15-27)24(12-9-17(2)3)22(30)28(23(31)26-24)16-20-8-6-7-13-25-20/h5-8,13,17,19H,9-12,14-16H2,1-4H3,(H,26,31)/b18-5+/t24-/m1/s1. The summed E-state index contributed by atoms with van der Waals surface area (Å²) in [6.45, 7) is 9.32. The first-order valence-corrected chi connectivity index (χ1v) is 11.2. The normalized spacial score (nSPS) is 22.9. The number of pyridine rings is 1. The van der Waals surface area contributed by atoms with E-state index in [2.05, 4.69) is 24.1 Å². The average Bonchev–Trinajstić information content (AvgIpc) is 3.02. The van der Waals surface area contributed by atoms with Crippen LogP contribution in [0.5, 0.6) is 0 Å². The fourth-order valence-electron chi connectivity index (χ4n) is 4.56. The molecule has 0 aliphatic carbocycles. The molecule has 2 aliphatic heterocycles. The van der Waals surface area contributed by atoms with Crippen molar-refractivity contribution >= 4 is 17.8 Å². The van der Waals surface area contributed by atoms with Gasteiger partial charge in [0.25, 0.3) is 5.91 Å². The Morgan fingerprint density at radius 1 is 1.29 bits per heavy atom. The summed E-state index contributed by atoms with van der Waals surface area (Å²) in [5.41, 5.74) is 0.522. The van der Waals surface area contributed by atoms with Crippen LogP contribution in [0, 0.1) is 11.8 Å². The third-order valence-corrected chi connectivity index (χ3v) is 6.61. The van der Waals surface area contributed by atoms with Crippen molar-refractivity contribution in [3.8, 4) is 0 Å². The number of amides is 4. The number of allylic oxidation sites excluding steroid dienone is 1. The zero-order valence-corrected chi connectivity index (χ0v) is 19.1. The Balaban J connectivity index is 1.79. The van der Waals surface area contributed by atoms with E-state index in [1.165, 1.54) is 4.90 Å². The van der Waals surface area contributed by atoms with Crippen molar-refractivity contribution in [3.05, 3.63) is 41.7 Å². The fourth-order valence-corrected chi connectivity index (χ4v) is 4.56. The number of carbonyl (C=O) groups excluding carboxylic acids is 3. The third-order valence-electron chi connectivity index (χ3n) is 6.61. The molecule has 0 aromatic carbocycles. The van der Waals surface area contributed by atoms with Gasteiger partial charge in [-0.25, -0.2) is 4.79 Å². The molecule has 1 N–H and O–H groups in total. The van der Waals surface area contributed by atoms with Crippen molar-refractivity contribution in [1.29, 1.82) is 0 Å². The van der Waals surface area contributed by atoms with Gasteiger partial charge in [0.2, 0.25) is 5.91 Å². The first-order valence-electron chi connectivity index (χ1n) is 11.2. The molecule has 7 heteroatoms. The highest BCUT2D eigenvalue weighted by molar-refractivity contribution is 6.07. The molecule has 0 saturated carbocycles. The van der Waals surface area contributed by atoms with Crippen LogP contribution in [0.25, 0.3) is 0 Å². The Kier molecular flexibility index (Phi) is 7.13. The minimum absolute atomic E-state index is 0.00592. The van der Waals surface area contributed by atoms with Crippen molar-refractivity contribution in [3.63, 3.8) is 0 Å². The summed E-state index contributed by atoms with van der Waals surface area (Å²) >= 11 is 0. The van der Waals surface area contributed by atoms with E-state index in [0.29, 0.717) is 44.0 Å². The van der Waals surface area contributed by atoms with Crippen LogP contribution in [0.15, 0.2) is 36.0 Å². The van der Waals surface area contributed by atoms with Gasteiger partial charge in [-0.3, -0.25) is 19.5 Å². The molecule has 31 heavy (non-hydrogen) atoms. The van der Waals surface area contributed by atoms with Crippen molar-refractivity contribution in [1.82, 2.24) is 20.1 Å². The third kappa shape index (κ3) is 4.81. The van der Waals surface area contributed by atoms with Gasteiger partial charge in [0.05, 0.1) is 12.2 Å². The molecule has 2 fully saturated rings. The SMILES string of the molecule is C/C=C(\C)C(=O)N1CCC([C@@]2(CCC(C)C)NC(=O)N(Cc3ccccn3)C2=O)CC1. The van der Waals surface area contributed by atoms with Gasteiger partial charge in [-0.05, 0) is 63.5 Å². The van der Waals surface area contributed by atoms with Gasteiger partial charge in [-0.15, -0.1) is 0 Å². The van der Waals surface area contributed by atoms with E-state index >= 15 is 0 Å². The minimum Gasteiger partial charge on any atom is -0.339 e. The van der Waals surface area contributed by atoms with Crippen LogP contribution in [-0.4, -0.2) is 51.3 Å². The summed E-state index contributed by atoms with van der Waals surface area (Å²) in [5, 5.41) is 3.09. The van der Waals surface area contributed by atoms with Gasteiger partial charge >= 0.3 is 6.03 Å². The molecule has 2 saturated heterocycles. The molecule has 7 nitrogen and oxygen atoms in total. The van der Waals surface area contributed by atoms with Crippen molar-refractivity contribution < 1.29 is 14.4 Å². The summed E-state index contributed by atoms with van der Waals surface area (Å²) in [6.07, 6.45) is 6.35. The van der Waals surface area contributed by atoms with Crippen LogP contribution in [0.2, 0.25) is 0 Å². The van der Waals surface area contributed by atoms with E-state index in [1.54, 1.807) is 6.20 Å². The van der Waals surface area contributed by atoms with Crippen LogP contribution in [-0.2, 0) is 16.1 Å². The van der Waals surface area contributed by atoms with Crippen LogP contribution >= 0.6 is 0 Å². The van der Waals surface area contributed by atoms with Gasteiger partial charge in [0.15, 0.2) is 0 Å². The molecule has 4 amide bonds. The number of aromatic nitrogens is 1. The zero-order chi connectivity index (χ0) is 22.6. The number of likely N-dealkylation sites (tertiary alicyclic amines) is 1. The lowest BCUT2D eigenvalue weighted by atomic mass is 9.73. The molecule has 3 rings (SSSR count). The van der Waals surface area contributed by atoms with Crippen molar-refractivity contribution in [2.24, 2.45) is 11.8 Å². The quantitative estimate of drug-likeness (QED) is 0.534. The highest BCUT2D eigenvalue weighted by atomic mass is 16.2. The van der Waals surface area contributed by atoms with E-state index < -0.39 is 5.54 Å². The molecule has 0 unspecified atom stereocenters. The predicted octanol–water partition coefficient (Wildman–Crippen LogP) is 3.51. The summed E-state index contributed by atoms with van der Waals surface area (Å²) in [4.78, 5) is 46.5. The van der Waals surface area contributed by atoms with E-state index in [9.17, 15) is 14.4 Å². The number of nitrogens with one attached hydrogen (secondary N) is 1. The van der Waals surface area contributed by atoms with Gasteiger partial charge in [0.1, 0.15) is 5.54 Å². The maximum Gasteiger partial charge on any atom is 0.325 e. The highest BCUT2D eigenvalue weighted by Gasteiger charge is 2.55. The Bertz CT molecular complexity index is 844. The Morgan fingerprint density at radius 2 is 2.00 bits per heavy atom. The van der Waals surface area contributed by atoms with Gasteiger partial charge < -0.3 is 10.2 Å². The lowest BCUT2D eigenvalue weighted by Gasteiger charge is -2.41. The van der Waals surface area contributed by atoms with Crippen molar-refractivity contribution in [2.75, 3.05) is 13.1 Å². The van der Waals surface area contributed by atoms with E-state index in [-0.39, 0.29) is 30.3 Å². The second kappa shape index (κ2) is 9.62. The molecule has 0 spiro atoms. The smallest absolute Gasteiger partial charge is 0.325 e. The van der Waals surface area contributed by atoms with Gasteiger partial charge in [-0.2, -0.15) is 0 Å². The molecule has 0 bridgehead atoms. The molecular weight excluding hydrogens is 392 g/mol. The number of piperidine rings is 1. The summed E-state index contributed by atoms with van der Waals surface area (Å²) < 4.78 is 0. The second-order valence-corrected chi connectivity index (χ2v) is 9.08. The number of imide groups is 1. The maximum atomic E-state index is 13.6. The maximum absolute atomic E-state index is 13.6. The Morgan fingerprint density at radius 3 is 2.58 bits per heavy atom. The predicted molar refractivity (Wildman–Crippen MR) is 119 cm³/mol. The number of nitrogens with zero attached hydrogens (tertiary/aromatic N) is 3. The first-order chi connectivity index (χ1) is 14.8. The summed E-state index contributed by atoms with van der Waals surface area (Å²) in [6, 6.07) is 5.14. The topological polar surface area (TPSA) is 82.6 Å². The summed E-state index contributed by atoms with van der Waals surface area (Å²) in [7, 11) is 0. The number of rotatable bonds is 7. The van der Waals surface area contributed by atoms with Crippen LogP contribution in [0.4, 0.5) is 4.79 Å². The molecule has 1 aromatic rings. The molecule has 2 aliphatic rings. The molecular formula is C24H34N4O3. The number of hydrogen-bond donors (Lipinski definition) is 1. The van der Waals surface area contributed by atoms with Crippen LogP contribution in [0.1, 0.15) is 59.1 Å². The van der Waals surface area contributed by atoms with Gasteiger partial charge in [-0.1, -0.05) is 26.0 Å². The lowest BCUT2D eigenvalue weighted by molar-refractivity contribution is -0.135. The largest absolute Gasteiger partial charge is 0.339 e. The molecule has 3 heterocycles. The van der Waals surface area contributed by atoms with Crippen LogP contribution < -0.4 is 5.32 Å². The monoisotopic (exact) mass is 426 g/mol. The fraction of sp³-hybridized carbons (Fsp3) is 0.583. The molecule has 0 radical (unpaired) electrons. The highest BCUT2D eigenvalue weighted by Crippen LogP contribution is 2.38. The van der Waals surface area contributed by atoms with Crippen molar-refractivity contribution in [2.45, 2.75) is 65.5 Å². The summed E-state index contributed by atoms with van der Waals surface area (Å²) in [5.74, 6) is 0.325. The zero-order valence-electron chi connectivity index (χ0n) is 19.1. The van der Waals surface area contributed by atoms with Gasteiger partial charge in [0, 0.05) is 24.9 Å². The number of carbonyl (C=O) groups is 3. The lowest BCUT2D eigenvalue weighted by Crippen LogP contribution is -2.56. The van der Waals surface area contributed by atoms with Crippen LogP contribution in [0.3, 0.4) is 0 Å².